The number of alkyl halides is 1. The van der Waals surface area contributed by atoms with E-state index in [9.17, 15) is 9.18 Å². The molecule has 0 N–H and O–H groups in total. The van der Waals surface area contributed by atoms with Gasteiger partial charge in [-0.3, -0.25) is 9.18 Å². The number of hydrogen-bond donors (Lipinski definition) is 0. The fourth-order valence-corrected chi connectivity index (χ4v) is 1.03. The van der Waals surface area contributed by atoms with Crippen LogP contribution in [0, 0.1) is 0 Å². The van der Waals surface area contributed by atoms with E-state index in [0.717, 1.165) is 0 Å². The normalized spacial score (nSPS) is 9.75. The highest BCUT2D eigenvalue weighted by atomic mass is 19.1. The molecule has 0 aliphatic rings. The first-order chi connectivity index (χ1) is 5.84. The van der Waals surface area contributed by atoms with Crippen molar-refractivity contribution in [2.75, 3.05) is 6.67 Å². The molecule has 0 saturated carbocycles. The van der Waals surface area contributed by atoms with Crippen molar-refractivity contribution in [1.82, 2.24) is 0 Å². The van der Waals surface area contributed by atoms with E-state index in [-0.39, 0.29) is 12.1 Å². The standard InChI is InChI=1S/C10H11FO/c11-8-4-6-9-5-2-1-3-7-10(9)12/h1-3,5,7H,4,6,8H2. The largest absolute Gasteiger partial charge is 0.290 e. The van der Waals surface area contributed by atoms with Crippen LogP contribution in [0.15, 0.2) is 35.1 Å². The van der Waals surface area contributed by atoms with Gasteiger partial charge in [0.2, 0.25) is 0 Å². The molecule has 1 nitrogen and oxygen atoms in total. The minimum absolute atomic E-state index is 0.00606. The van der Waals surface area contributed by atoms with Gasteiger partial charge in [0, 0.05) is 0 Å². The van der Waals surface area contributed by atoms with Crippen LogP contribution in [0.3, 0.4) is 0 Å². The molecule has 0 bridgehead atoms. The highest BCUT2D eigenvalue weighted by molar-refractivity contribution is 5.14. The Morgan fingerprint density at radius 1 is 1.17 bits per heavy atom. The quantitative estimate of drug-likeness (QED) is 0.670. The summed E-state index contributed by atoms with van der Waals surface area (Å²) in [5.41, 5.74) is 0.686. The fourth-order valence-electron chi connectivity index (χ4n) is 1.03. The molecule has 0 radical (unpaired) electrons. The Morgan fingerprint density at radius 3 is 2.67 bits per heavy atom. The topological polar surface area (TPSA) is 17.1 Å². The zero-order chi connectivity index (χ0) is 8.81. The molecule has 0 aliphatic carbocycles. The van der Waals surface area contributed by atoms with E-state index < -0.39 is 0 Å². The van der Waals surface area contributed by atoms with Crippen molar-refractivity contribution in [1.29, 1.82) is 0 Å². The highest BCUT2D eigenvalue weighted by Crippen LogP contribution is 1.95. The molecule has 0 amide bonds. The maximum absolute atomic E-state index is 11.8. The van der Waals surface area contributed by atoms with Crippen LogP contribution < -0.4 is 5.43 Å². The molecular formula is C10H11FO. The first kappa shape index (κ1) is 8.91. The molecule has 2 heteroatoms. The smallest absolute Gasteiger partial charge is 0.181 e. The van der Waals surface area contributed by atoms with Crippen LogP contribution in [0.25, 0.3) is 0 Å². The van der Waals surface area contributed by atoms with E-state index in [0.29, 0.717) is 18.4 Å². The van der Waals surface area contributed by atoms with Crippen molar-refractivity contribution < 1.29 is 4.39 Å². The Bertz CT molecular complexity index is 296. The Hall–Kier alpha value is -1.18. The summed E-state index contributed by atoms with van der Waals surface area (Å²) < 4.78 is 11.8. The molecule has 1 rings (SSSR count). The number of rotatable bonds is 3. The molecule has 64 valence electrons. The van der Waals surface area contributed by atoms with Crippen LogP contribution in [-0.4, -0.2) is 6.67 Å². The van der Waals surface area contributed by atoms with Crippen molar-refractivity contribution in [3.8, 4) is 0 Å². The molecule has 0 aliphatic heterocycles. The third-order valence-electron chi connectivity index (χ3n) is 1.66. The minimum Gasteiger partial charge on any atom is -0.290 e. The summed E-state index contributed by atoms with van der Waals surface area (Å²) in [6, 6.07) is 8.54. The lowest BCUT2D eigenvalue weighted by Gasteiger charge is -1.91. The van der Waals surface area contributed by atoms with Gasteiger partial charge in [0.15, 0.2) is 5.43 Å². The number of halogens is 1. The molecule has 0 unspecified atom stereocenters. The second-order valence-corrected chi connectivity index (χ2v) is 2.59. The van der Waals surface area contributed by atoms with Gasteiger partial charge in [-0.05, 0) is 24.5 Å². The van der Waals surface area contributed by atoms with Gasteiger partial charge in [-0.2, -0.15) is 0 Å². The molecule has 1 aromatic carbocycles. The summed E-state index contributed by atoms with van der Waals surface area (Å²) in [6.45, 7) is -0.363. The van der Waals surface area contributed by atoms with Crippen LogP contribution in [0.1, 0.15) is 12.0 Å². The molecular weight excluding hydrogens is 155 g/mol. The van der Waals surface area contributed by atoms with Crippen LogP contribution >= 0.6 is 0 Å². The lowest BCUT2D eigenvalue weighted by atomic mass is 10.1. The zero-order valence-corrected chi connectivity index (χ0v) is 6.79. The van der Waals surface area contributed by atoms with E-state index in [2.05, 4.69) is 0 Å². The molecule has 0 atom stereocenters. The summed E-state index contributed by atoms with van der Waals surface area (Å²) in [4.78, 5) is 11.2. The Labute approximate surface area is 70.9 Å². The average molecular weight is 166 g/mol. The molecule has 0 heterocycles. The van der Waals surface area contributed by atoms with Gasteiger partial charge in [-0.15, -0.1) is 0 Å². The Kier molecular flexibility index (Phi) is 3.45. The van der Waals surface area contributed by atoms with Crippen LogP contribution in [0.5, 0.6) is 0 Å². The molecule has 0 aromatic heterocycles. The predicted octanol–water partition coefficient (Wildman–Crippen LogP) is 1.95. The molecule has 0 saturated heterocycles. The third-order valence-corrected chi connectivity index (χ3v) is 1.66. The van der Waals surface area contributed by atoms with Crippen LogP contribution in [0.4, 0.5) is 4.39 Å². The lowest BCUT2D eigenvalue weighted by Crippen LogP contribution is -2.03. The van der Waals surface area contributed by atoms with Crippen molar-refractivity contribution in [3.63, 3.8) is 0 Å². The van der Waals surface area contributed by atoms with E-state index in [4.69, 9.17) is 0 Å². The van der Waals surface area contributed by atoms with Gasteiger partial charge >= 0.3 is 0 Å². The summed E-state index contributed by atoms with van der Waals surface area (Å²) in [5, 5.41) is 0. The molecule has 0 fully saturated rings. The van der Waals surface area contributed by atoms with Gasteiger partial charge < -0.3 is 0 Å². The van der Waals surface area contributed by atoms with Crippen LogP contribution in [0.2, 0.25) is 0 Å². The first-order valence-corrected chi connectivity index (χ1v) is 3.99. The van der Waals surface area contributed by atoms with Gasteiger partial charge in [0.05, 0.1) is 6.67 Å². The summed E-state index contributed by atoms with van der Waals surface area (Å²) in [5.74, 6) is 0. The lowest BCUT2D eigenvalue weighted by molar-refractivity contribution is 0.473. The molecule has 1 aromatic rings. The third kappa shape index (κ3) is 2.46. The van der Waals surface area contributed by atoms with E-state index in [1.165, 1.54) is 6.07 Å². The van der Waals surface area contributed by atoms with Gasteiger partial charge in [0.25, 0.3) is 0 Å². The van der Waals surface area contributed by atoms with Crippen molar-refractivity contribution in [3.05, 3.63) is 46.1 Å². The van der Waals surface area contributed by atoms with E-state index in [1.54, 1.807) is 24.3 Å². The van der Waals surface area contributed by atoms with Gasteiger partial charge in [0.1, 0.15) is 0 Å². The first-order valence-electron chi connectivity index (χ1n) is 3.99. The Balaban J connectivity index is 2.86. The number of aryl methyl sites for hydroxylation is 1. The SMILES string of the molecule is O=c1cccccc1CCCF. The minimum atomic E-state index is -0.363. The second kappa shape index (κ2) is 4.65. The highest BCUT2D eigenvalue weighted by Gasteiger charge is 1.94. The Morgan fingerprint density at radius 2 is 1.92 bits per heavy atom. The summed E-state index contributed by atoms with van der Waals surface area (Å²) >= 11 is 0. The number of hydrogen-bond acceptors (Lipinski definition) is 1. The van der Waals surface area contributed by atoms with Crippen molar-refractivity contribution >= 4 is 0 Å². The van der Waals surface area contributed by atoms with Crippen molar-refractivity contribution in [2.45, 2.75) is 12.8 Å². The second-order valence-electron chi connectivity index (χ2n) is 2.59. The van der Waals surface area contributed by atoms with E-state index >= 15 is 0 Å². The summed E-state index contributed by atoms with van der Waals surface area (Å²) in [6.07, 6.45) is 0.962. The average Bonchev–Trinajstić information content (AvgIpc) is 2.27. The maximum atomic E-state index is 11.8. The molecule has 0 spiro atoms. The fraction of sp³-hybridized carbons (Fsp3) is 0.300. The zero-order valence-electron chi connectivity index (χ0n) is 6.79. The van der Waals surface area contributed by atoms with Gasteiger partial charge in [-0.1, -0.05) is 24.3 Å². The van der Waals surface area contributed by atoms with Crippen molar-refractivity contribution in [2.24, 2.45) is 0 Å². The van der Waals surface area contributed by atoms with E-state index in [1.807, 2.05) is 0 Å². The maximum Gasteiger partial charge on any atom is 0.181 e. The van der Waals surface area contributed by atoms with Gasteiger partial charge in [-0.25, -0.2) is 0 Å². The molecule has 12 heavy (non-hydrogen) atoms. The predicted molar refractivity (Wildman–Crippen MR) is 47.0 cm³/mol. The van der Waals surface area contributed by atoms with Crippen LogP contribution in [-0.2, 0) is 6.42 Å². The summed E-state index contributed by atoms with van der Waals surface area (Å²) in [7, 11) is 0. The monoisotopic (exact) mass is 166 g/mol.